The number of likely N-dealkylation sites (N-methyl/N-ethyl adjacent to an activating group) is 1. The number of benzene rings is 1. The molecule has 2 aromatic rings. The molecule has 0 fully saturated rings. The molecule has 7 heteroatoms. The van der Waals surface area contributed by atoms with Crippen LogP contribution in [0, 0.1) is 0 Å². The fraction of sp³-hybridized carbons (Fsp3) is 0.250. The maximum Gasteiger partial charge on any atom is 0.323 e. The number of ketones is 1. The minimum absolute atomic E-state index is 0.0380. The summed E-state index contributed by atoms with van der Waals surface area (Å²) in [6.45, 7) is 1.46. The minimum atomic E-state index is -0.412. The van der Waals surface area contributed by atoms with E-state index >= 15 is 0 Å². The molecule has 0 aliphatic carbocycles. The number of ether oxygens (including phenoxy) is 1. The third-order valence-corrected chi connectivity index (χ3v) is 3.09. The maximum absolute atomic E-state index is 12.0. The van der Waals surface area contributed by atoms with Gasteiger partial charge in [0.2, 0.25) is 0 Å². The average Bonchev–Trinajstić information content (AvgIpc) is 2.54. The first-order chi connectivity index (χ1) is 11.0. The molecular formula is C16H18N4O3. The second-order valence-electron chi connectivity index (χ2n) is 4.98. The Morgan fingerprint density at radius 3 is 2.70 bits per heavy atom. The number of hydrogen-bond donors (Lipinski definition) is 1. The fourth-order valence-electron chi connectivity index (χ4n) is 2.04. The van der Waals surface area contributed by atoms with Gasteiger partial charge in [-0.1, -0.05) is 12.1 Å². The predicted octanol–water partition coefficient (Wildman–Crippen LogP) is 2.20. The zero-order valence-electron chi connectivity index (χ0n) is 13.2. The van der Waals surface area contributed by atoms with Crippen LogP contribution in [-0.2, 0) is 4.79 Å². The summed E-state index contributed by atoms with van der Waals surface area (Å²) in [5.74, 6) is 0.929. The monoisotopic (exact) mass is 314 g/mol. The first-order valence-electron chi connectivity index (χ1n) is 6.98. The van der Waals surface area contributed by atoms with Gasteiger partial charge in [-0.2, -0.15) is 0 Å². The van der Waals surface area contributed by atoms with Gasteiger partial charge in [0, 0.05) is 18.7 Å². The van der Waals surface area contributed by atoms with Crippen molar-refractivity contribution in [3.8, 4) is 17.0 Å². The Morgan fingerprint density at radius 1 is 1.26 bits per heavy atom. The van der Waals surface area contributed by atoms with Crippen LogP contribution in [0.2, 0.25) is 0 Å². The molecule has 0 radical (unpaired) electrons. The third kappa shape index (κ3) is 4.26. The van der Waals surface area contributed by atoms with Crippen molar-refractivity contribution in [3.05, 3.63) is 36.7 Å². The highest BCUT2D eigenvalue weighted by molar-refractivity contribution is 5.91. The van der Waals surface area contributed by atoms with Crippen LogP contribution in [0.3, 0.4) is 0 Å². The van der Waals surface area contributed by atoms with Gasteiger partial charge < -0.3 is 9.64 Å². The lowest BCUT2D eigenvalue weighted by Crippen LogP contribution is -2.35. The van der Waals surface area contributed by atoms with E-state index in [9.17, 15) is 9.59 Å². The summed E-state index contributed by atoms with van der Waals surface area (Å²) in [6.07, 6.45) is 1.36. The quantitative estimate of drug-likeness (QED) is 0.914. The molecule has 0 saturated heterocycles. The van der Waals surface area contributed by atoms with Gasteiger partial charge in [0.15, 0.2) is 0 Å². The summed E-state index contributed by atoms with van der Waals surface area (Å²) in [5, 5.41) is 2.64. The second kappa shape index (κ2) is 7.35. The third-order valence-electron chi connectivity index (χ3n) is 3.09. The summed E-state index contributed by atoms with van der Waals surface area (Å²) in [7, 11) is 3.12. The fourth-order valence-corrected chi connectivity index (χ4v) is 2.04. The van der Waals surface area contributed by atoms with Gasteiger partial charge in [0.05, 0.1) is 19.3 Å². The lowest BCUT2D eigenvalue weighted by molar-refractivity contribution is -0.117. The number of aromatic nitrogens is 2. The molecule has 120 valence electrons. The molecule has 0 aliphatic rings. The van der Waals surface area contributed by atoms with Gasteiger partial charge in [0.1, 0.15) is 23.7 Å². The van der Waals surface area contributed by atoms with Gasteiger partial charge in [-0.15, -0.1) is 0 Å². The van der Waals surface area contributed by atoms with Crippen molar-refractivity contribution in [2.24, 2.45) is 0 Å². The maximum atomic E-state index is 12.0. The number of methoxy groups -OCH3 is 1. The largest absolute Gasteiger partial charge is 0.496 e. The number of carbonyl (C=O) groups is 2. The van der Waals surface area contributed by atoms with Crippen molar-refractivity contribution in [2.45, 2.75) is 6.92 Å². The van der Waals surface area contributed by atoms with Crippen LogP contribution in [0.5, 0.6) is 5.75 Å². The Bertz CT molecular complexity index is 718. The van der Waals surface area contributed by atoms with E-state index < -0.39 is 6.03 Å². The standard InChI is InChI=1S/C16H18N4O3/c1-11(21)9-20(2)16(22)19-15-8-13(17-10-18-15)12-6-4-5-7-14(12)23-3/h4-8,10H,9H2,1-3H3,(H,17,18,19,22). The molecule has 0 aliphatic heterocycles. The van der Waals surface area contributed by atoms with Crippen molar-refractivity contribution >= 4 is 17.6 Å². The number of Topliss-reactive ketones (excluding diaryl/α,β-unsaturated/α-hetero) is 1. The summed E-state index contributed by atoms with van der Waals surface area (Å²) in [5.41, 5.74) is 1.42. The van der Waals surface area contributed by atoms with Crippen LogP contribution in [-0.4, -0.2) is 47.4 Å². The summed E-state index contributed by atoms with van der Waals surface area (Å²) >= 11 is 0. The number of rotatable bonds is 5. The second-order valence-corrected chi connectivity index (χ2v) is 4.98. The van der Waals surface area contributed by atoms with Crippen LogP contribution >= 0.6 is 0 Å². The number of anilines is 1. The van der Waals surface area contributed by atoms with Crippen LogP contribution < -0.4 is 10.1 Å². The zero-order chi connectivity index (χ0) is 16.8. The Balaban J connectivity index is 2.20. The van der Waals surface area contributed by atoms with Crippen molar-refractivity contribution in [2.75, 3.05) is 26.0 Å². The van der Waals surface area contributed by atoms with Gasteiger partial charge >= 0.3 is 6.03 Å². The lowest BCUT2D eigenvalue weighted by Gasteiger charge is -2.16. The van der Waals surface area contributed by atoms with E-state index in [1.54, 1.807) is 20.2 Å². The lowest BCUT2D eigenvalue weighted by atomic mass is 10.1. The smallest absolute Gasteiger partial charge is 0.323 e. The molecule has 0 atom stereocenters. The van der Waals surface area contributed by atoms with Gasteiger partial charge in [-0.3, -0.25) is 10.1 Å². The molecule has 7 nitrogen and oxygen atoms in total. The summed E-state index contributed by atoms with van der Waals surface area (Å²) in [6, 6.07) is 8.68. The number of amides is 2. The van der Waals surface area contributed by atoms with E-state index in [0.717, 1.165) is 5.56 Å². The molecule has 1 heterocycles. The molecule has 23 heavy (non-hydrogen) atoms. The molecule has 2 amide bonds. The van der Waals surface area contributed by atoms with E-state index in [-0.39, 0.29) is 12.3 Å². The molecule has 0 spiro atoms. The number of carbonyl (C=O) groups excluding carboxylic acids is 2. The van der Waals surface area contributed by atoms with E-state index in [1.165, 1.54) is 18.2 Å². The first-order valence-corrected chi connectivity index (χ1v) is 6.98. The van der Waals surface area contributed by atoms with Crippen LogP contribution in [0.4, 0.5) is 10.6 Å². The van der Waals surface area contributed by atoms with Crippen molar-refractivity contribution in [1.29, 1.82) is 0 Å². The molecular weight excluding hydrogens is 296 g/mol. The molecule has 1 N–H and O–H groups in total. The minimum Gasteiger partial charge on any atom is -0.496 e. The van der Waals surface area contributed by atoms with Crippen molar-refractivity contribution < 1.29 is 14.3 Å². The Hall–Kier alpha value is -2.96. The molecule has 0 bridgehead atoms. The highest BCUT2D eigenvalue weighted by Gasteiger charge is 2.13. The van der Waals surface area contributed by atoms with Crippen LogP contribution in [0.25, 0.3) is 11.3 Å². The molecule has 0 saturated carbocycles. The van der Waals surface area contributed by atoms with Gasteiger partial charge in [-0.25, -0.2) is 14.8 Å². The summed E-state index contributed by atoms with van der Waals surface area (Å²) in [4.78, 5) is 32.6. The van der Waals surface area contributed by atoms with E-state index in [2.05, 4.69) is 15.3 Å². The normalized spacial score (nSPS) is 10.0. The predicted molar refractivity (Wildman–Crippen MR) is 86.3 cm³/mol. The Morgan fingerprint density at radius 2 is 2.00 bits per heavy atom. The number of hydrogen-bond acceptors (Lipinski definition) is 5. The molecule has 1 aromatic carbocycles. The van der Waals surface area contributed by atoms with Crippen LogP contribution in [0.15, 0.2) is 36.7 Å². The number of para-hydroxylation sites is 1. The van der Waals surface area contributed by atoms with Gasteiger partial charge in [-0.05, 0) is 19.1 Å². The highest BCUT2D eigenvalue weighted by Crippen LogP contribution is 2.28. The first kappa shape index (κ1) is 16.4. The van der Waals surface area contributed by atoms with Crippen molar-refractivity contribution in [1.82, 2.24) is 14.9 Å². The Labute approximate surface area is 134 Å². The van der Waals surface area contributed by atoms with E-state index in [1.807, 2.05) is 24.3 Å². The SMILES string of the molecule is COc1ccccc1-c1cc(NC(=O)N(C)CC(C)=O)ncn1. The van der Waals surface area contributed by atoms with Crippen molar-refractivity contribution in [3.63, 3.8) is 0 Å². The number of urea groups is 1. The molecule has 1 aromatic heterocycles. The van der Waals surface area contributed by atoms with Gasteiger partial charge in [0.25, 0.3) is 0 Å². The topological polar surface area (TPSA) is 84.4 Å². The number of nitrogens with zero attached hydrogens (tertiary/aromatic N) is 3. The summed E-state index contributed by atoms with van der Waals surface area (Å²) < 4.78 is 5.31. The van der Waals surface area contributed by atoms with Crippen LogP contribution in [0.1, 0.15) is 6.92 Å². The highest BCUT2D eigenvalue weighted by atomic mass is 16.5. The number of nitrogens with one attached hydrogen (secondary N) is 1. The Kier molecular flexibility index (Phi) is 5.24. The zero-order valence-corrected chi connectivity index (χ0v) is 13.2. The average molecular weight is 314 g/mol. The molecule has 2 rings (SSSR count). The van der Waals surface area contributed by atoms with E-state index in [4.69, 9.17) is 4.74 Å². The van der Waals surface area contributed by atoms with E-state index in [0.29, 0.717) is 17.3 Å². The molecule has 0 unspecified atom stereocenters.